The topological polar surface area (TPSA) is 92.7 Å². The Bertz CT molecular complexity index is 1020. The highest BCUT2D eigenvalue weighted by Crippen LogP contribution is 2.40. The number of fused-ring (bicyclic) bond motifs is 1. The maximum absolute atomic E-state index is 12.3. The van der Waals surface area contributed by atoms with E-state index in [1.165, 1.54) is 10.7 Å². The number of aryl methyl sites for hydroxylation is 1. The van der Waals surface area contributed by atoms with E-state index in [2.05, 4.69) is 20.6 Å². The number of hydrogen-bond acceptors (Lipinski definition) is 4. The number of H-pyrrole nitrogens is 1. The number of nitrogens with one attached hydrogen (secondary N) is 2. The smallest absolute Gasteiger partial charge is 0.264 e. The highest BCUT2D eigenvalue weighted by atomic mass is 35.5. The molecule has 1 aliphatic rings. The molecule has 126 valence electrons. The number of rotatable bonds is 2. The molecule has 0 unspecified atom stereocenters. The first-order valence-electron chi connectivity index (χ1n) is 7.74. The third kappa shape index (κ3) is 2.72. The maximum atomic E-state index is 12.3. The van der Waals surface area contributed by atoms with Gasteiger partial charge in [0.2, 0.25) is 5.91 Å². The maximum Gasteiger partial charge on any atom is 0.264 e. The molecular formula is C17H14ClN5O2. The second-order valence-corrected chi connectivity index (χ2v) is 6.34. The number of carbonyl (C=O) groups excluding carboxylic acids is 1. The highest BCUT2D eigenvalue weighted by Gasteiger charge is 2.32. The third-order valence-electron chi connectivity index (χ3n) is 4.23. The number of halogens is 1. The number of hydrogen-bond donors (Lipinski definition) is 2. The molecule has 0 saturated heterocycles. The van der Waals surface area contributed by atoms with Crippen molar-refractivity contribution >= 4 is 23.3 Å². The molecule has 1 aromatic carbocycles. The molecule has 25 heavy (non-hydrogen) atoms. The van der Waals surface area contributed by atoms with Crippen LogP contribution >= 0.6 is 11.6 Å². The van der Waals surface area contributed by atoms with Crippen LogP contribution < -0.4 is 10.9 Å². The lowest BCUT2D eigenvalue weighted by Crippen LogP contribution is -2.25. The average molecular weight is 356 g/mol. The van der Waals surface area contributed by atoms with Crippen molar-refractivity contribution in [2.75, 3.05) is 5.32 Å². The minimum Gasteiger partial charge on any atom is -0.310 e. The van der Waals surface area contributed by atoms with Crippen molar-refractivity contribution in [2.45, 2.75) is 19.3 Å². The summed E-state index contributed by atoms with van der Waals surface area (Å²) in [6, 6.07) is 10.4. The lowest BCUT2D eigenvalue weighted by atomic mass is 9.86. The van der Waals surface area contributed by atoms with Gasteiger partial charge < -0.3 is 5.32 Å². The number of aromatic amines is 1. The van der Waals surface area contributed by atoms with Crippen molar-refractivity contribution in [2.24, 2.45) is 0 Å². The number of amides is 1. The summed E-state index contributed by atoms with van der Waals surface area (Å²) in [5.41, 5.74) is 2.37. The predicted molar refractivity (Wildman–Crippen MR) is 93.3 cm³/mol. The number of aromatic nitrogens is 4. The summed E-state index contributed by atoms with van der Waals surface area (Å²) in [6.45, 7) is 1.88. The molecule has 2 N–H and O–H groups in total. The Kier molecular flexibility index (Phi) is 3.65. The van der Waals surface area contributed by atoms with Crippen molar-refractivity contribution in [1.82, 2.24) is 20.0 Å². The van der Waals surface area contributed by atoms with Crippen molar-refractivity contribution in [3.63, 3.8) is 0 Å². The van der Waals surface area contributed by atoms with Crippen LogP contribution in [-0.4, -0.2) is 25.9 Å². The van der Waals surface area contributed by atoms with E-state index in [1.807, 2.05) is 25.1 Å². The molecule has 0 aliphatic carbocycles. The van der Waals surface area contributed by atoms with Gasteiger partial charge in [-0.3, -0.25) is 9.59 Å². The molecule has 0 fully saturated rings. The quantitative estimate of drug-likeness (QED) is 0.738. The fourth-order valence-electron chi connectivity index (χ4n) is 3.18. The van der Waals surface area contributed by atoms with Gasteiger partial charge in [-0.2, -0.15) is 14.9 Å². The minimum atomic E-state index is -0.303. The Morgan fingerprint density at radius 3 is 2.80 bits per heavy atom. The van der Waals surface area contributed by atoms with Crippen molar-refractivity contribution in [3.05, 3.63) is 68.6 Å². The third-order valence-corrected chi connectivity index (χ3v) is 4.47. The normalized spacial score (nSPS) is 16.4. The first-order valence-corrected chi connectivity index (χ1v) is 8.11. The standard InChI is InChI=1S/C17H14ClN5O2/c1-9-16-12(10-3-2-4-11(18)7-10)8-15(25)19-17(16)23(22-9)13-5-6-14(24)21-20-13/h2-7,12H,8H2,1H3,(H,19,25)(H,21,24)/t12-/m0/s1. The zero-order chi connectivity index (χ0) is 17.6. The lowest BCUT2D eigenvalue weighted by Gasteiger charge is -2.24. The van der Waals surface area contributed by atoms with Crippen LogP contribution in [0.1, 0.15) is 29.2 Å². The molecule has 3 aromatic rings. The van der Waals surface area contributed by atoms with Crippen LogP contribution in [0.3, 0.4) is 0 Å². The van der Waals surface area contributed by atoms with Gasteiger partial charge in [0.05, 0.1) is 5.69 Å². The van der Waals surface area contributed by atoms with Crippen LogP contribution in [0.2, 0.25) is 5.02 Å². The van der Waals surface area contributed by atoms with Gasteiger partial charge in [0.25, 0.3) is 5.56 Å². The van der Waals surface area contributed by atoms with E-state index in [4.69, 9.17) is 11.6 Å². The summed E-state index contributed by atoms with van der Waals surface area (Å²) >= 11 is 6.12. The second-order valence-electron chi connectivity index (χ2n) is 5.90. The van der Waals surface area contributed by atoms with Gasteiger partial charge in [-0.1, -0.05) is 23.7 Å². The predicted octanol–water partition coefficient (Wildman–Crippen LogP) is 2.39. The summed E-state index contributed by atoms with van der Waals surface area (Å²) in [5.74, 6) is 0.747. The first kappa shape index (κ1) is 15.6. The summed E-state index contributed by atoms with van der Waals surface area (Å²) in [6.07, 6.45) is 0.318. The van der Waals surface area contributed by atoms with Crippen LogP contribution in [0.5, 0.6) is 0 Å². The molecule has 0 spiro atoms. The van der Waals surface area contributed by atoms with Crippen LogP contribution in [0.15, 0.2) is 41.2 Å². The van der Waals surface area contributed by atoms with Crippen molar-refractivity contribution < 1.29 is 4.79 Å². The summed E-state index contributed by atoms with van der Waals surface area (Å²) in [4.78, 5) is 23.5. The van der Waals surface area contributed by atoms with Crippen LogP contribution in [0, 0.1) is 6.92 Å². The fraction of sp³-hybridized carbons (Fsp3) is 0.176. The van der Waals surface area contributed by atoms with Gasteiger partial charge in [-0.25, -0.2) is 5.10 Å². The monoisotopic (exact) mass is 355 g/mol. The van der Waals surface area contributed by atoms with E-state index in [1.54, 1.807) is 12.1 Å². The SMILES string of the molecule is Cc1nn(-c2ccc(=O)[nH]n2)c2c1[C@H](c1cccc(Cl)c1)CC(=O)N2. The number of benzene rings is 1. The van der Waals surface area contributed by atoms with Gasteiger partial charge in [-0.15, -0.1) is 0 Å². The molecule has 0 bridgehead atoms. The molecule has 1 aliphatic heterocycles. The Morgan fingerprint density at radius 2 is 2.08 bits per heavy atom. The Balaban J connectivity index is 1.89. The van der Waals surface area contributed by atoms with E-state index in [-0.39, 0.29) is 17.4 Å². The van der Waals surface area contributed by atoms with Crippen molar-refractivity contribution in [3.8, 4) is 5.82 Å². The van der Waals surface area contributed by atoms with E-state index < -0.39 is 0 Å². The van der Waals surface area contributed by atoms with Gasteiger partial charge in [0, 0.05) is 29.0 Å². The van der Waals surface area contributed by atoms with Gasteiger partial charge in [0.1, 0.15) is 5.82 Å². The van der Waals surface area contributed by atoms with E-state index >= 15 is 0 Å². The lowest BCUT2D eigenvalue weighted by molar-refractivity contribution is -0.116. The molecule has 1 atom stereocenters. The molecular weight excluding hydrogens is 342 g/mol. The molecule has 7 nitrogen and oxygen atoms in total. The van der Waals surface area contributed by atoms with Crippen LogP contribution in [0.4, 0.5) is 5.82 Å². The molecule has 4 rings (SSSR count). The van der Waals surface area contributed by atoms with Gasteiger partial charge >= 0.3 is 0 Å². The Hall–Kier alpha value is -2.93. The average Bonchev–Trinajstić information content (AvgIpc) is 2.91. The van der Waals surface area contributed by atoms with Crippen LogP contribution in [0.25, 0.3) is 5.82 Å². The Labute approximate surface area is 147 Å². The van der Waals surface area contributed by atoms with Crippen LogP contribution in [-0.2, 0) is 4.79 Å². The van der Waals surface area contributed by atoms with Gasteiger partial charge in [-0.05, 0) is 30.7 Å². The zero-order valence-corrected chi connectivity index (χ0v) is 14.0. The number of nitrogens with zero attached hydrogens (tertiary/aromatic N) is 3. The molecule has 3 heterocycles. The summed E-state index contributed by atoms with van der Waals surface area (Å²) in [7, 11) is 0. The van der Waals surface area contributed by atoms with Gasteiger partial charge in [0.15, 0.2) is 5.82 Å². The molecule has 0 radical (unpaired) electrons. The summed E-state index contributed by atoms with van der Waals surface area (Å²) < 4.78 is 1.54. The van der Waals surface area contributed by atoms with Crippen molar-refractivity contribution in [1.29, 1.82) is 0 Å². The number of carbonyl (C=O) groups is 1. The fourth-order valence-corrected chi connectivity index (χ4v) is 3.37. The zero-order valence-electron chi connectivity index (χ0n) is 13.3. The van der Waals surface area contributed by atoms with E-state index in [9.17, 15) is 9.59 Å². The van der Waals surface area contributed by atoms with E-state index in [0.717, 1.165) is 16.8 Å². The minimum absolute atomic E-state index is 0.108. The number of anilines is 1. The molecule has 1 amide bonds. The first-order chi connectivity index (χ1) is 12.0. The highest BCUT2D eigenvalue weighted by molar-refractivity contribution is 6.30. The Morgan fingerprint density at radius 1 is 1.24 bits per heavy atom. The second kappa shape index (κ2) is 5.86. The van der Waals surface area contributed by atoms with E-state index in [0.29, 0.717) is 23.1 Å². The summed E-state index contributed by atoms with van der Waals surface area (Å²) in [5, 5.41) is 14.4. The molecule has 8 heteroatoms. The molecule has 0 saturated carbocycles. The molecule has 2 aromatic heterocycles. The largest absolute Gasteiger partial charge is 0.310 e.